The summed E-state index contributed by atoms with van der Waals surface area (Å²) in [6.07, 6.45) is 1.42. The number of phenols is 1. The average molecular weight is 307 g/mol. The van der Waals surface area contributed by atoms with Gasteiger partial charge in [0.1, 0.15) is 5.75 Å². The largest absolute Gasteiger partial charge is 0.507 e. The predicted octanol–water partition coefficient (Wildman–Crippen LogP) is 1.92. The number of fused-ring (bicyclic) bond motifs is 1. The van der Waals surface area contributed by atoms with Crippen LogP contribution in [0.25, 0.3) is 10.8 Å². The van der Waals surface area contributed by atoms with Crippen LogP contribution < -0.4 is 11.5 Å². The molecule has 5 nitrogen and oxygen atoms in total. The van der Waals surface area contributed by atoms with Crippen molar-refractivity contribution in [3.05, 3.63) is 40.4 Å². The fourth-order valence-electron chi connectivity index (χ4n) is 1.60. The molecule has 0 aliphatic carbocycles. The van der Waals surface area contributed by atoms with Gasteiger partial charge in [-0.05, 0) is 29.0 Å². The first kappa shape index (κ1) is 12.4. The van der Waals surface area contributed by atoms with E-state index in [1.54, 1.807) is 6.07 Å². The molecule has 0 bridgehead atoms. The molecule has 92 valence electrons. The van der Waals surface area contributed by atoms with Gasteiger partial charge in [-0.2, -0.15) is 5.10 Å². The molecular weight excluding hydrogens is 296 g/mol. The Bertz CT molecular complexity index is 648. The summed E-state index contributed by atoms with van der Waals surface area (Å²) in [7, 11) is 0. The van der Waals surface area contributed by atoms with E-state index in [4.69, 9.17) is 11.5 Å². The smallest absolute Gasteiger partial charge is 0.211 e. The van der Waals surface area contributed by atoms with Crippen molar-refractivity contribution in [3.8, 4) is 5.75 Å². The van der Waals surface area contributed by atoms with E-state index in [1.807, 2.05) is 24.3 Å². The van der Waals surface area contributed by atoms with Gasteiger partial charge in [-0.3, -0.25) is 0 Å². The van der Waals surface area contributed by atoms with Crippen LogP contribution in [0, 0.1) is 0 Å². The molecule has 0 atom stereocenters. The fraction of sp³-hybridized carbons (Fsp3) is 0. The first-order chi connectivity index (χ1) is 8.58. The van der Waals surface area contributed by atoms with Gasteiger partial charge in [0.2, 0.25) is 5.96 Å². The summed E-state index contributed by atoms with van der Waals surface area (Å²) in [5.41, 5.74) is 10.9. The number of nitrogens with two attached hydrogens (primary N) is 2. The molecule has 0 fully saturated rings. The molecule has 0 aromatic heterocycles. The molecule has 0 aliphatic heterocycles. The maximum atomic E-state index is 9.83. The van der Waals surface area contributed by atoms with Crippen LogP contribution in [0.5, 0.6) is 5.75 Å². The minimum Gasteiger partial charge on any atom is -0.507 e. The predicted molar refractivity (Wildman–Crippen MR) is 76.7 cm³/mol. The molecule has 0 heterocycles. The first-order valence-corrected chi connectivity index (χ1v) is 5.90. The van der Waals surface area contributed by atoms with Gasteiger partial charge >= 0.3 is 0 Å². The molecule has 0 amide bonds. The number of phenolic OH excluding ortho intramolecular Hbond substituents is 1. The summed E-state index contributed by atoms with van der Waals surface area (Å²) in [6, 6.07) is 9.15. The minimum atomic E-state index is -0.131. The maximum absolute atomic E-state index is 9.83. The molecule has 18 heavy (non-hydrogen) atoms. The van der Waals surface area contributed by atoms with E-state index in [9.17, 15) is 5.11 Å². The highest BCUT2D eigenvalue weighted by Gasteiger charge is 2.05. The normalized spacial score (nSPS) is 10.9. The molecule has 2 aromatic rings. The Morgan fingerprint density at radius 1 is 1.22 bits per heavy atom. The van der Waals surface area contributed by atoms with Gasteiger partial charge < -0.3 is 16.6 Å². The zero-order chi connectivity index (χ0) is 13.1. The lowest BCUT2D eigenvalue weighted by molar-refractivity contribution is 0.475. The molecule has 0 saturated carbocycles. The summed E-state index contributed by atoms with van der Waals surface area (Å²) < 4.78 is 0.966. The second-order valence-electron chi connectivity index (χ2n) is 3.63. The van der Waals surface area contributed by atoms with Gasteiger partial charge in [-0.15, -0.1) is 5.10 Å². The van der Waals surface area contributed by atoms with Crippen molar-refractivity contribution in [2.24, 2.45) is 21.7 Å². The molecule has 0 radical (unpaired) electrons. The summed E-state index contributed by atoms with van der Waals surface area (Å²) in [5, 5.41) is 18.9. The summed E-state index contributed by atoms with van der Waals surface area (Å²) >= 11 is 3.40. The monoisotopic (exact) mass is 306 g/mol. The van der Waals surface area contributed by atoms with Gasteiger partial charge in [-0.25, -0.2) is 0 Å². The first-order valence-electron chi connectivity index (χ1n) is 5.11. The molecular formula is C12H11BrN4O. The van der Waals surface area contributed by atoms with Crippen LogP contribution in [0.3, 0.4) is 0 Å². The van der Waals surface area contributed by atoms with E-state index in [0.29, 0.717) is 5.56 Å². The minimum absolute atomic E-state index is 0.124. The average Bonchev–Trinajstić information content (AvgIpc) is 2.31. The molecule has 0 saturated heterocycles. The van der Waals surface area contributed by atoms with Crippen molar-refractivity contribution in [2.45, 2.75) is 0 Å². The zero-order valence-corrected chi connectivity index (χ0v) is 10.9. The van der Waals surface area contributed by atoms with E-state index >= 15 is 0 Å². The van der Waals surface area contributed by atoms with Crippen molar-refractivity contribution in [2.75, 3.05) is 0 Å². The third-order valence-corrected chi connectivity index (χ3v) is 2.85. The standard InChI is InChI=1S/C12H11BrN4O/c13-8-2-3-9-7(5-8)1-4-11(18)10(9)6-16-17-12(14)15/h1-6,18H,(H4,14,15,17). The third kappa shape index (κ3) is 2.60. The van der Waals surface area contributed by atoms with E-state index < -0.39 is 0 Å². The van der Waals surface area contributed by atoms with Crippen LogP contribution in [0.1, 0.15) is 5.56 Å². The van der Waals surface area contributed by atoms with Gasteiger partial charge in [-0.1, -0.05) is 28.1 Å². The van der Waals surface area contributed by atoms with E-state index in [0.717, 1.165) is 15.2 Å². The van der Waals surface area contributed by atoms with Crippen molar-refractivity contribution in [1.82, 2.24) is 0 Å². The van der Waals surface area contributed by atoms with Gasteiger partial charge in [0.15, 0.2) is 0 Å². The van der Waals surface area contributed by atoms with Crippen LogP contribution >= 0.6 is 15.9 Å². The lowest BCUT2D eigenvalue weighted by atomic mass is 10.0. The molecule has 0 spiro atoms. The summed E-state index contributed by atoms with van der Waals surface area (Å²) in [4.78, 5) is 0. The quantitative estimate of drug-likeness (QED) is 0.449. The topological polar surface area (TPSA) is 97.0 Å². The van der Waals surface area contributed by atoms with Crippen LogP contribution in [-0.2, 0) is 0 Å². The van der Waals surface area contributed by atoms with Gasteiger partial charge in [0.25, 0.3) is 0 Å². The Morgan fingerprint density at radius 3 is 2.72 bits per heavy atom. The number of rotatable bonds is 2. The summed E-state index contributed by atoms with van der Waals surface area (Å²) in [5.74, 6) is -0.00640. The SMILES string of the molecule is NC(N)=NN=Cc1c(O)ccc2cc(Br)ccc12. The maximum Gasteiger partial charge on any atom is 0.211 e. The molecule has 6 heteroatoms. The Kier molecular flexibility index (Phi) is 3.47. The van der Waals surface area contributed by atoms with E-state index in [2.05, 4.69) is 26.1 Å². The molecule has 2 rings (SSSR count). The highest BCUT2D eigenvalue weighted by atomic mass is 79.9. The molecule has 0 unspecified atom stereocenters. The van der Waals surface area contributed by atoms with Crippen molar-refractivity contribution in [3.63, 3.8) is 0 Å². The Balaban J connectivity index is 2.58. The zero-order valence-electron chi connectivity index (χ0n) is 9.34. The van der Waals surface area contributed by atoms with Crippen LogP contribution in [0.2, 0.25) is 0 Å². The number of guanidine groups is 1. The van der Waals surface area contributed by atoms with E-state index in [1.165, 1.54) is 6.21 Å². The van der Waals surface area contributed by atoms with Crippen LogP contribution in [0.4, 0.5) is 0 Å². The Morgan fingerprint density at radius 2 is 2.00 bits per heavy atom. The molecule has 2 aromatic carbocycles. The fourth-order valence-corrected chi connectivity index (χ4v) is 1.98. The number of hydrogen-bond acceptors (Lipinski definition) is 3. The Labute approximate surface area is 112 Å². The van der Waals surface area contributed by atoms with Gasteiger partial charge in [0, 0.05) is 10.0 Å². The lowest BCUT2D eigenvalue weighted by Gasteiger charge is -2.04. The number of hydrogen-bond donors (Lipinski definition) is 3. The second kappa shape index (κ2) is 5.05. The number of halogens is 1. The highest BCUT2D eigenvalue weighted by Crippen LogP contribution is 2.27. The van der Waals surface area contributed by atoms with Crippen molar-refractivity contribution in [1.29, 1.82) is 0 Å². The number of benzene rings is 2. The third-order valence-electron chi connectivity index (χ3n) is 2.36. The molecule has 5 N–H and O–H groups in total. The second-order valence-corrected chi connectivity index (χ2v) is 4.55. The van der Waals surface area contributed by atoms with Crippen molar-refractivity contribution >= 4 is 38.9 Å². The number of nitrogens with zero attached hydrogens (tertiary/aromatic N) is 2. The lowest BCUT2D eigenvalue weighted by Crippen LogP contribution is -2.21. The van der Waals surface area contributed by atoms with Crippen LogP contribution in [0.15, 0.2) is 45.0 Å². The highest BCUT2D eigenvalue weighted by molar-refractivity contribution is 9.10. The van der Waals surface area contributed by atoms with Crippen molar-refractivity contribution < 1.29 is 5.11 Å². The van der Waals surface area contributed by atoms with Crippen LogP contribution in [-0.4, -0.2) is 17.3 Å². The Hall–Kier alpha value is -2.08. The van der Waals surface area contributed by atoms with E-state index in [-0.39, 0.29) is 11.7 Å². The molecule has 0 aliphatic rings. The summed E-state index contributed by atoms with van der Waals surface area (Å²) in [6.45, 7) is 0. The number of aromatic hydroxyl groups is 1. The van der Waals surface area contributed by atoms with Gasteiger partial charge in [0.05, 0.1) is 6.21 Å².